The van der Waals surface area contributed by atoms with Crippen LogP contribution in [-0.4, -0.2) is 5.11 Å². The summed E-state index contributed by atoms with van der Waals surface area (Å²) in [6, 6.07) is 4.05. The van der Waals surface area contributed by atoms with E-state index in [1.165, 1.54) is 18.2 Å². The van der Waals surface area contributed by atoms with E-state index < -0.39 is 6.10 Å². The van der Waals surface area contributed by atoms with Crippen molar-refractivity contribution in [1.29, 1.82) is 0 Å². The van der Waals surface area contributed by atoms with Gasteiger partial charge in [-0.1, -0.05) is 31.9 Å². The Hall–Kier alpha value is -0.600. The fraction of sp³-hybridized carbons (Fsp3) is 0.455. The van der Waals surface area contributed by atoms with E-state index in [1.54, 1.807) is 0 Å². The maximum absolute atomic E-state index is 12.9. The minimum Gasteiger partial charge on any atom is -0.388 e. The molecule has 1 rings (SSSR count). The van der Waals surface area contributed by atoms with Gasteiger partial charge in [0.2, 0.25) is 0 Å². The van der Waals surface area contributed by atoms with E-state index in [0.29, 0.717) is 10.6 Å². The molecule has 1 nitrogen and oxygen atoms in total. The van der Waals surface area contributed by atoms with Gasteiger partial charge in [0.25, 0.3) is 0 Å². The minimum absolute atomic E-state index is 0.0781. The monoisotopic (exact) mass is 216 g/mol. The lowest BCUT2D eigenvalue weighted by atomic mass is 9.95. The minimum atomic E-state index is -0.691. The lowest BCUT2D eigenvalue weighted by Gasteiger charge is -2.18. The van der Waals surface area contributed by atoms with Crippen LogP contribution < -0.4 is 0 Å². The Morgan fingerprint density at radius 2 is 2.14 bits per heavy atom. The Bertz CT molecular complexity index is 314. The topological polar surface area (TPSA) is 20.2 Å². The molecular formula is C11H14ClFO. The van der Waals surface area contributed by atoms with Gasteiger partial charge in [0.15, 0.2) is 0 Å². The molecule has 2 atom stereocenters. The van der Waals surface area contributed by atoms with Gasteiger partial charge in [0, 0.05) is 10.6 Å². The molecule has 0 saturated carbocycles. The molecule has 0 saturated heterocycles. The van der Waals surface area contributed by atoms with Gasteiger partial charge in [-0.25, -0.2) is 4.39 Å². The summed E-state index contributed by atoms with van der Waals surface area (Å²) in [5, 5.41) is 10.3. The predicted octanol–water partition coefficient (Wildman–Crippen LogP) is 3.56. The standard InChI is InChI=1S/C11H14ClFO/c1-3-7(2)11(14)9-6-8(13)4-5-10(9)12/h4-7,11,14H,3H2,1-2H3. The van der Waals surface area contributed by atoms with Gasteiger partial charge in [0.05, 0.1) is 6.10 Å². The SMILES string of the molecule is CCC(C)C(O)c1cc(F)ccc1Cl. The maximum atomic E-state index is 12.9. The molecule has 14 heavy (non-hydrogen) atoms. The summed E-state index contributed by atoms with van der Waals surface area (Å²) in [7, 11) is 0. The highest BCUT2D eigenvalue weighted by Crippen LogP contribution is 2.30. The summed E-state index contributed by atoms with van der Waals surface area (Å²) < 4.78 is 12.9. The molecule has 2 unspecified atom stereocenters. The second kappa shape index (κ2) is 4.76. The summed E-state index contributed by atoms with van der Waals surface area (Å²) in [5.41, 5.74) is 0.473. The second-order valence-corrected chi connectivity index (χ2v) is 3.90. The zero-order chi connectivity index (χ0) is 10.7. The third kappa shape index (κ3) is 2.46. The van der Waals surface area contributed by atoms with Crippen LogP contribution in [0.15, 0.2) is 18.2 Å². The molecule has 1 N–H and O–H groups in total. The molecule has 0 fully saturated rings. The fourth-order valence-corrected chi connectivity index (χ4v) is 1.50. The lowest BCUT2D eigenvalue weighted by molar-refractivity contribution is 0.115. The molecule has 0 aliphatic carbocycles. The van der Waals surface area contributed by atoms with Gasteiger partial charge in [-0.3, -0.25) is 0 Å². The Labute approximate surface area is 88.5 Å². The van der Waals surface area contributed by atoms with Gasteiger partial charge in [-0.15, -0.1) is 0 Å². The molecule has 0 aliphatic rings. The average molecular weight is 217 g/mol. The van der Waals surface area contributed by atoms with Crippen LogP contribution in [0.3, 0.4) is 0 Å². The Balaban J connectivity index is 2.99. The van der Waals surface area contributed by atoms with E-state index in [1.807, 2.05) is 13.8 Å². The van der Waals surface area contributed by atoms with Gasteiger partial charge in [-0.05, 0) is 24.1 Å². The van der Waals surface area contributed by atoms with Crippen LogP contribution in [0, 0.1) is 11.7 Å². The molecule has 0 amide bonds. The Morgan fingerprint density at radius 3 is 2.71 bits per heavy atom. The molecule has 0 spiro atoms. The van der Waals surface area contributed by atoms with Crippen molar-refractivity contribution in [3.05, 3.63) is 34.6 Å². The first kappa shape index (κ1) is 11.5. The fourth-order valence-electron chi connectivity index (χ4n) is 1.27. The number of halogens is 2. The van der Waals surface area contributed by atoms with Crippen molar-refractivity contribution in [3.8, 4) is 0 Å². The van der Waals surface area contributed by atoms with Crippen molar-refractivity contribution in [1.82, 2.24) is 0 Å². The van der Waals surface area contributed by atoms with Crippen molar-refractivity contribution >= 4 is 11.6 Å². The van der Waals surface area contributed by atoms with Gasteiger partial charge in [-0.2, -0.15) is 0 Å². The van der Waals surface area contributed by atoms with Crippen LogP contribution >= 0.6 is 11.6 Å². The van der Waals surface area contributed by atoms with Crippen LogP contribution in [-0.2, 0) is 0 Å². The summed E-state index contributed by atoms with van der Waals surface area (Å²) in [6.07, 6.45) is 0.136. The maximum Gasteiger partial charge on any atom is 0.123 e. The number of aliphatic hydroxyl groups is 1. The molecule has 0 radical (unpaired) electrons. The molecule has 78 valence electrons. The number of benzene rings is 1. The van der Waals surface area contributed by atoms with E-state index in [2.05, 4.69) is 0 Å². The molecule has 1 aromatic rings. The average Bonchev–Trinajstić information content (AvgIpc) is 2.19. The van der Waals surface area contributed by atoms with E-state index in [-0.39, 0.29) is 11.7 Å². The molecule has 0 heterocycles. The quantitative estimate of drug-likeness (QED) is 0.819. The molecular weight excluding hydrogens is 203 g/mol. The summed E-state index contributed by atoms with van der Waals surface area (Å²) in [4.78, 5) is 0. The third-order valence-electron chi connectivity index (χ3n) is 2.46. The highest BCUT2D eigenvalue weighted by atomic mass is 35.5. The van der Waals surface area contributed by atoms with Gasteiger partial charge in [0.1, 0.15) is 5.82 Å². The van der Waals surface area contributed by atoms with Gasteiger partial charge < -0.3 is 5.11 Å². The number of aliphatic hydroxyl groups excluding tert-OH is 1. The van der Waals surface area contributed by atoms with Gasteiger partial charge >= 0.3 is 0 Å². The van der Waals surface area contributed by atoms with Crippen LogP contribution in [0.25, 0.3) is 0 Å². The largest absolute Gasteiger partial charge is 0.388 e. The van der Waals surface area contributed by atoms with Crippen LogP contribution in [0.1, 0.15) is 31.9 Å². The molecule has 1 aromatic carbocycles. The predicted molar refractivity (Wildman–Crippen MR) is 55.8 cm³/mol. The van der Waals surface area contributed by atoms with E-state index >= 15 is 0 Å². The first-order valence-corrected chi connectivity index (χ1v) is 5.07. The van der Waals surface area contributed by atoms with Crippen molar-refractivity contribution in [2.75, 3.05) is 0 Å². The highest BCUT2D eigenvalue weighted by Gasteiger charge is 2.17. The lowest BCUT2D eigenvalue weighted by Crippen LogP contribution is -2.08. The zero-order valence-electron chi connectivity index (χ0n) is 8.30. The number of hydrogen-bond donors (Lipinski definition) is 1. The van der Waals surface area contributed by atoms with Crippen molar-refractivity contribution < 1.29 is 9.50 Å². The third-order valence-corrected chi connectivity index (χ3v) is 2.80. The van der Waals surface area contributed by atoms with Crippen molar-refractivity contribution in [3.63, 3.8) is 0 Å². The number of rotatable bonds is 3. The Morgan fingerprint density at radius 1 is 1.50 bits per heavy atom. The normalized spacial score (nSPS) is 15.2. The van der Waals surface area contributed by atoms with E-state index in [4.69, 9.17) is 11.6 Å². The molecule has 3 heteroatoms. The summed E-state index contributed by atoms with van der Waals surface area (Å²) in [6.45, 7) is 3.88. The van der Waals surface area contributed by atoms with E-state index in [9.17, 15) is 9.50 Å². The van der Waals surface area contributed by atoms with Crippen LogP contribution in [0.4, 0.5) is 4.39 Å². The summed E-state index contributed by atoms with van der Waals surface area (Å²) >= 11 is 5.87. The second-order valence-electron chi connectivity index (χ2n) is 3.50. The van der Waals surface area contributed by atoms with Crippen LogP contribution in [0.5, 0.6) is 0 Å². The van der Waals surface area contributed by atoms with Crippen molar-refractivity contribution in [2.24, 2.45) is 5.92 Å². The van der Waals surface area contributed by atoms with Crippen LogP contribution in [0.2, 0.25) is 5.02 Å². The zero-order valence-corrected chi connectivity index (χ0v) is 9.05. The first-order valence-electron chi connectivity index (χ1n) is 4.69. The van der Waals surface area contributed by atoms with Crippen molar-refractivity contribution in [2.45, 2.75) is 26.4 Å². The molecule has 0 aromatic heterocycles. The molecule has 0 bridgehead atoms. The number of hydrogen-bond acceptors (Lipinski definition) is 1. The highest BCUT2D eigenvalue weighted by molar-refractivity contribution is 6.31. The van der Waals surface area contributed by atoms with E-state index in [0.717, 1.165) is 6.42 Å². The Kier molecular flexibility index (Phi) is 3.90. The molecule has 0 aliphatic heterocycles. The smallest absolute Gasteiger partial charge is 0.123 e. The summed E-state index contributed by atoms with van der Waals surface area (Å²) in [5.74, 6) is -0.291. The first-order chi connectivity index (χ1) is 6.56.